The third-order valence-electron chi connectivity index (χ3n) is 4.00. The van der Waals surface area contributed by atoms with Crippen LogP contribution < -0.4 is 10.6 Å². The van der Waals surface area contributed by atoms with Crippen LogP contribution >= 0.6 is 24.0 Å². The number of nitrogens with zero attached hydrogens (tertiary/aromatic N) is 1. The molecule has 1 aliphatic carbocycles. The van der Waals surface area contributed by atoms with E-state index in [2.05, 4.69) is 46.8 Å². The minimum atomic E-state index is 0. The van der Waals surface area contributed by atoms with E-state index < -0.39 is 0 Å². The van der Waals surface area contributed by atoms with Gasteiger partial charge in [0.05, 0.1) is 0 Å². The Kier molecular flexibility index (Phi) is 5.07. The van der Waals surface area contributed by atoms with Crippen molar-refractivity contribution >= 4 is 29.9 Å². The fourth-order valence-electron chi connectivity index (χ4n) is 2.86. The third kappa shape index (κ3) is 3.41. The lowest BCUT2D eigenvalue weighted by molar-refractivity contribution is 0.320. The first-order valence-corrected chi connectivity index (χ1v) is 6.93. The van der Waals surface area contributed by atoms with Gasteiger partial charge in [-0.15, -0.1) is 24.0 Å². The van der Waals surface area contributed by atoms with Gasteiger partial charge in [-0.05, 0) is 43.2 Å². The van der Waals surface area contributed by atoms with Gasteiger partial charge >= 0.3 is 0 Å². The number of benzene rings is 1. The highest BCUT2D eigenvalue weighted by atomic mass is 127. The molecule has 4 heteroatoms. The van der Waals surface area contributed by atoms with Crippen LogP contribution in [0.3, 0.4) is 0 Å². The van der Waals surface area contributed by atoms with Crippen LogP contribution in [-0.2, 0) is 0 Å². The molecular formula is C15H22IN3. The number of aliphatic imine (C=N–C) groups is 1. The quantitative estimate of drug-likeness (QED) is 0.785. The molecule has 0 atom stereocenters. The highest BCUT2D eigenvalue weighted by molar-refractivity contribution is 14.0. The maximum atomic E-state index is 4.46. The molecule has 0 amide bonds. The Morgan fingerprint density at radius 3 is 2.74 bits per heavy atom. The predicted octanol–water partition coefficient (Wildman–Crippen LogP) is 2.80. The Labute approximate surface area is 132 Å². The van der Waals surface area contributed by atoms with Gasteiger partial charge in [0.1, 0.15) is 0 Å². The minimum absolute atomic E-state index is 0. The molecule has 19 heavy (non-hydrogen) atoms. The van der Waals surface area contributed by atoms with Crippen LogP contribution in [0.15, 0.2) is 29.3 Å². The van der Waals surface area contributed by atoms with Crippen molar-refractivity contribution in [1.29, 1.82) is 0 Å². The molecule has 2 N–H and O–H groups in total. The van der Waals surface area contributed by atoms with Crippen LogP contribution in [0.5, 0.6) is 0 Å². The zero-order valence-corrected chi connectivity index (χ0v) is 13.7. The monoisotopic (exact) mass is 371 g/mol. The minimum Gasteiger partial charge on any atom is -0.356 e. The predicted molar refractivity (Wildman–Crippen MR) is 90.4 cm³/mol. The standard InChI is InChI=1S/C15H21N3.HI/c1-11-5-2-3-6-14(11)12-9-13(10-12)18-15-16-7-4-8-17-15;/h2-3,5-6,12-13H,4,7-10H2,1H3,(H2,16,17,18);1H. The van der Waals surface area contributed by atoms with E-state index in [4.69, 9.17) is 0 Å². The lowest BCUT2D eigenvalue weighted by Gasteiger charge is -2.38. The van der Waals surface area contributed by atoms with E-state index in [9.17, 15) is 0 Å². The van der Waals surface area contributed by atoms with Crippen molar-refractivity contribution in [3.8, 4) is 0 Å². The second-order valence-electron chi connectivity index (χ2n) is 5.38. The number of guanidine groups is 1. The van der Waals surface area contributed by atoms with Crippen molar-refractivity contribution in [3.05, 3.63) is 35.4 Å². The van der Waals surface area contributed by atoms with Gasteiger partial charge in [0.15, 0.2) is 5.96 Å². The van der Waals surface area contributed by atoms with Crippen LogP contribution in [0, 0.1) is 6.92 Å². The smallest absolute Gasteiger partial charge is 0.191 e. The second-order valence-corrected chi connectivity index (χ2v) is 5.38. The summed E-state index contributed by atoms with van der Waals surface area (Å²) in [6.45, 7) is 4.23. The molecular weight excluding hydrogens is 349 g/mol. The fourth-order valence-corrected chi connectivity index (χ4v) is 2.86. The van der Waals surface area contributed by atoms with Crippen molar-refractivity contribution in [3.63, 3.8) is 0 Å². The van der Waals surface area contributed by atoms with Gasteiger partial charge in [0.2, 0.25) is 0 Å². The van der Waals surface area contributed by atoms with E-state index in [0.29, 0.717) is 6.04 Å². The average molecular weight is 371 g/mol. The summed E-state index contributed by atoms with van der Waals surface area (Å²) in [7, 11) is 0. The molecule has 0 unspecified atom stereocenters. The van der Waals surface area contributed by atoms with E-state index >= 15 is 0 Å². The number of nitrogens with one attached hydrogen (secondary N) is 2. The number of halogens is 1. The molecule has 0 saturated heterocycles. The average Bonchev–Trinajstić information content (AvgIpc) is 2.36. The molecule has 0 spiro atoms. The Morgan fingerprint density at radius 1 is 1.26 bits per heavy atom. The number of rotatable bonds is 2. The van der Waals surface area contributed by atoms with E-state index in [1.165, 1.54) is 24.0 Å². The molecule has 0 radical (unpaired) electrons. The molecule has 3 nitrogen and oxygen atoms in total. The molecule has 2 aliphatic rings. The van der Waals surface area contributed by atoms with Crippen LogP contribution in [-0.4, -0.2) is 25.1 Å². The third-order valence-corrected chi connectivity index (χ3v) is 4.00. The largest absolute Gasteiger partial charge is 0.356 e. The Hall–Kier alpha value is -0.780. The zero-order valence-electron chi connectivity index (χ0n) is 11.4. The lowest BCUT2D eigenvalue weighted by atomic mass is 9.74. The maximum absolute atomic E-state index is 4.46. The van der Waals surface area contributed by atoms with Gasteiger partial charge in [-0.2, -0.15) is 0 Å². The highest BCUT2D eigenvalue weighted by Gasteiger charge is 2.31. The van der Waals surface area contributed by atoms with Crippen LogP contribution in [0.4, 0.5) is 0 Å². The highest BCUT2D eigenvalue weighted by Crippen LogP contribution is 2.38. The van der Waals surface area contributed by atoms with Gasteiger partial charge in [-0.1, -0.05) is 24.3 Å². The molecule has 0 aromatic heterocycles. The Morgan fingerprint density at radius 2 is 2.05 bits per heavy atom. The normalized spacial score (nSPS) is 25.4. The van der Waals surface area contributed by atoms with Crippen LogP contribution in [0.1, 0.15) is 36.3 Å². The Balaban J connectivity index is 0.00000133. The van der Waals surface area contributed by atoms with Crippen LogP contribution in [0.25, 0.3) is 0 Å². The van der Waals surface area contributed by atoms with E-state index in [1.54, 1.807) is 0 Å². The first kappa shape index (κ1) is 14.6. The van der Waals surface area contributed by atoms with Crippen molar-refractivity contribution in [2.24, 2.45) is 4.99 Å². The zero-order chi connectivity index (χ0) is 12.4. The fraction of sp³-hybridized carbons (Fsp3) is 0.533. The summed E-state index contributed by atoms with van der Waals surface area (Å²) >= 11 is 0. The summed E-state index contributed by atoms with van der Waals surface area (Å²) in [5.74, 6) is 1.74. The van der Waals surface area contributed by atoms with Crippen LogP contribution in [0.2, 0.25) is 0 Å². The molecule has 104 valence electrons. The second kappa shape index (κ2) is 6.59. The van der Waals surface area contributed by atoms with Gasteiger partial charge in [0, 0.05) is 19.1 Å². The molecule has 1 heterocycles. The number of hydrogen-bond acceptors (Lipinski definition) is 3. The molecule has 1 fully saturated rings. The first-order valence-electron chi connectivity index (χ1n) is 6.93. The van der Waals surface area contributed by atoms with Crippen molar-refractivity contribution in [1.82, 2.24) is 10.6 Å². The summed E-state index contributed by atoms with van der Waals surface area (Å²) in [4.78, 5) is 4.46. The molecule has 1 aliphatic heterocycles. The molecule has 1 saturated carbocycles. The summed E-state index contributed by atoms with van der Waals surface area (Å²) in [5, 5.41) is 6.84. The summed E-state index contributed by atoms with van der Waals surface area (Å²) in [6.07, 6.45) is 3.61. The molecule has 1 aromatic carbocycles. The Bertz CT molecular complexity index is 452. The molecule has 3 rings (SSSR count). The first-order chi connectivity index (χ1) is 8.83. The number of aryl methyl sites for hydroxylation is 1. The lowest BCUT2D eigenvalue weighted by Crippen LogP contribution is -2.50. The van der Waals surface area contributed by atoms with Crippen molar-refractivity contribution < 1.29 is 0 Å². The van der Waals surface area contributed by atoms with Gasteiger partial charge in [-0.3, -0.25) is 4.99 Å². The molecule has 0 bridgehead atoms. The van der Waals surface area contributed by atoms with Crippen molar-refractivity contribution in [2.75, 3.05) is 13.1 Å². The van der Waals surface area contributed by atoms with E-state index in [1.807, 2.05) is 0 Å². The van der Waals surface area contributed by atoms with Gasteiger partial charge < -0.3 is 10.6 Å². The van der Waals surface area contributed by atoms with E-state index in [0.717, 1.165) is 31.4 Å². The van der Waals surface area contributed by atoms with Gasteiger partial charge in [0.25, 0.3) is 0 Å². The van der Waals surface area contributed by atoms with Crippen molar-refractivity contribution in [2.45, 2.75) is 38.1 Å². The SMILES string of the molecule is Cc1ccccc1C1CC(NC2=NCCCN2)C1.I. The topological polar surface area (TPSA) is 36.4 Å². The molecule has 1 aromatic rings. The maximum Gasteiger partial charge on any atom is 0.191 e. The number of hydrogen-bond donors (Lipinski definition) is 2. The van der Waals surface area contributed by atoms with Gasteiger partial charge in [-0.25, -0.2) is 0 Å². The summed E-state index contributed by atoms with van der Waals surface area (Å²) in [6, 6.07) is 9.35. The van der Waals surface area contributed by atoms with E-state index in [-0.39, 0.29) is 24.0 Å². The summed E-state index contributed by atoms with van der Waals surface area (Å²) < 4.78 is 0. The summed E-state index contributed by atoms with van der Waals surface area (Å²) in [5.41, 5.74) is 2.95.